The third-order valence-electron chi connectivity index (χ3n) is 2.21. The number of benzene rings is 1. The zero-order chi connectivity index (χ0) is 11.5. The van der Waals surface area contributed by atoms with E-state index in [0.29, 0.717) is 17.1 Å². The molecule has 0 saturated carbocycles. The van der Waals surface area contributed by atoms with Crippen LogP contribution in [0.3, 0.4) is 0 Å². The van der Waals surface area contributed by atoms with Crippen molar-refractivity contribution < 1.29 is 9.32 Å². The van der Waals surface area contributed by atoms with Crippen molar-refractivity contribution in [1.29, 1.82) is 0 Å². The maximum absolute atomic E-state index is 11.7. The van der Waals surface area contributed by atoms with Crippen LogP contribution in [0.25, 0.3) is 0 Å². The molecule has 0 bridgehead atoms. The molecule has 0 saturated heterocycles. The molecule has 3 N–H and O–H groups in total. The Labute approximate surface area is 92.2 Å². The summed E-state index contributed by atoms with van der Waals surface area (Å²) in [5.74, 6) is 0.150. The molecule has 0 unspecified atom stereocenters. The SMILES string of the molecule is Cc1cc(C(=O)Nc2ccon2)ccc1N. The van der Waals surface area contributed by atoms with Gasteiger partial charge in [0.2, 0.25) is 0 Å². The minimum absolute atomic E-state index is 0.239. The predicted molar refractivity (Wildman–Crippen MR) is 60.0 cm³/mol. The summed E-state index contributed by atoms with van der Waals surface area (Å²) in [6.45, 7) is 1.85. The van der Waals surface area contributed by atoms with Gasteiger partial charge in [0.25, 0.3) is 5.91 Å². The molecule has 16 heavy (non-hydrogen) atoms. The van der Waals surface area contributed by atoms with Crippen LogP contribution in [0.15, 0.2) is 35.1 Å². The van der Waals surface area contributed by atoms with Crippen molar-refractivity contribution in [1.82, 2.24) is 5.16 Å². The predicted octanol–water partition coefficient (Wildman–Crippen LogP) is 1.82. The molecule has 0 spiro atoms. The number of nitrogens with two attached hydrogens (primary N) is 1. The molecule has 0 radical (unpaired) electrons. The van der Waals surface area contributed by atoms with Crippen molar-refractivity contribution in [2.24, 2.45) is 0 Å². The number of amides is 1. The van der Waals surface area contributed by atoms with E-state index < -0.39 is 0 Å². The Morgan fingerprint density at radius 3 is 2.88 bits per heavy atom. The molecule has 1 aromatic heterocycles. The Bertz CT molecular complexity index is 506. The molecular weight excluding hydrogens is 206 g/mol. The fraction of sp³-hybridized carbons (Fsp3) is 0.0909. The van der Waals surface area contributed by atoms with Crippen molar-refractivity contribution in [2.75, 3.05) is 11.1 Å². The van der Waals surface area contributed by atoms with Gasteiger partial charge >= 0.3 is 0 Å². The van der Waals surface area contributed by atoms with E-state index in [4.69, 9.17) is 5.73 Å². The molecule has 5 heteroatoms. The van der Waals surface area contributed by atoms with E-state index in [-0.39, 0.29) is 5.91 Å². The largest absolute Gasteiger partial charge is 0.399 e. The highest BCUT2D eigenvalue weighted by Gasteiger charge is 2.08. The second-order valence-corrected chi connectivity index (χ2v) is 3.41. The van der Waals surface area contributed by atoms with Crippen LogP contribution >= 0.6 is 0 Å². The second-order valence-electron chi connectivity index (χ2n) is 3.41. The molecule has 1 aromatic carbocycles. The fourth-order valence-electron chi connectivity index (χ4n) is 1.28. The summed E-state index contributed by atoms with van der Waals surface area (Å²) in [6, 6.07) is 6.66. The minimum Gasteiger partial charge on any atom is -0.399 e. The number of aromatic nitrogens is 1. The molecule has 1 heterocycles. The van der Waals surface area contributed by atoms with Crippen LogP contribution in [0.5, 0.6) is 0 Å². The van der Waals surface area contributed by atoms with Gasteiger partial charge in [-0.2, -0.15) is 0 Å². The molecule has 0 aliphatic heterocycles. The number of aryl methyl sites for hydroxylation is 1. The van der Waals surface area contributed by atoms with E-state index in [2.05, 4.69) is 15.0 Å². The molecule has 0 aliphatic carbocycles. The van der Waals surface area contributed by atoms with Gasteiger partial charge in [0, 0.05) is 17.3 Å². The van der Waals surface area contributed by atoms with Gasteiger partial charge in [-0.05, 0) is 30.7 Å². The Morgan fingerprint density at radius 2 is 2.25 bits per heavy atom. The molecule has 82 valence electrons. The van der Waals surface area contributed by atoms with Crippen LogP contribution in [-0.2, 0) is 0 Å². The molecule has 1 amide bonds. The van der Waals surface area contributed by atoms with Crippen LogP contribution in [0.4, 0.5) is 11.5 Å². The van der Waals surface area contributed by atoms with Gasteiger partial charge in [-0.25, -0.2) is 0 Å². The Balaban J connectivity index is 2.18. The first-order valence-corrected chi connectivity index (χ1v) is 4.74. The number of nitrogens with one attached hydrogen (secondary N) is 1. The zero-order valence-electron chi connectivity index (χ0n) is 8.73. The Morgan fingerprint density at radius 1 is 1.44 bits per heavy atom. The number of hydrogen-bond donors (Lipinski definition) is 2. The molecule has 0 fully saturated rings. The lowest BCUT2D eigenvalue weighted by molar-refractivity contribution is 0.102. The van der Waals surface area contributed by atoms with Gasteiger partial charge in [-0.1, -0.05) is 5.16 Å². The molecule has 2 rings (SSSR count). The first kappa shape index (κ1) is 10.2. The molecule has 2 aromatic rings. The first-order chi connectivity index (χ1) is 7.66. The standard InChI is InChI=1S/C11H11N3O2/c1-7-6-8(2-3-9(7)12)11(15)13-10-4-5-16-14-10/h2-6H,12H2,1H3,(H,13,14,15). The third-order valence-corrected chi connectivity index (χ3v) is 2.21. The highest BCUT2D eigenvalue weighted by molar-refractivity contribution is 6.04. The number of anilines is 2. The smallest absolute Gasteiger partial charge is 0.256 e. The van der Waals surface area contributed by atoms with Gasteiger partial charge in [0.15, 0.2) is 5.82 Å². The Kier molecular flexibility index (Phi) is 2.59. The van der Waals surface area contributed by atoms with Crippen LogP contribution in [0.1, 0.15) is 15.9 Å². The number of nitrogens with zero attached hydrogens (tertiary/aromatic N) is 1. The summed E-state index contributed by atoms with van der Waals surface area (Å²) in [5, 5.41) is 6.19. The molecule has 5 nitrogen and oxygen atoms in total. The highest BCUT2D eigenvalue weighted by Crippen LogP contribution is 2.14. The van der Waals surface area contributed by atoms with Crippen molar-refractivity contribution >= 4 is 17.4 Å². The van der Waals surface area contributed by atoms with Crippen molar-refractivity contribution in [2.45, 2.75) is 6.92 Å². The van der Waals surface area contributed by atoms with E-state index in [1.807, 2.05) is 6.92 Å². The monoisotopic (exact) mass is 217 g/mol. The number of rotatable bonds is 2. The maximum atomic E-state index is 11.7. The summed E-state index contributed by atoms with van der Waals surface area (Å²) in [7, 11) is 0. The van der Waals surface area contributed by atoms with Crippen LogP contribution in [0, 0.1) is 6.92 Å². The summed E-state index contributed by atoms with van der Waals surface area (Å²) in [5.41, 5.74) is 7.74. The van der Waals surface area contributed by atoms with Gasteiger partial charge in [-0.3, -0.25) is 4.79 Å². The number of carbonyl (C=O) groups excluding carboxylic acids is 1. The normalized spacial score (nSPS) is 10.1. The number of hydrogen-bond acceptors (Lipinski definition) is 4. The third kappa shape index (κ3) is 2.03. The lowest BCUT2D eigenvalue weighted by atomic mass is 10.1. The highest BCUT2D eigenvalue weighted by atomic mass is 16.5. The van der Waals surface area contributed by atoms with Gasteiger partial charge in [0.05, 0.1) is 0 Å². The summed E-state index contributed by atoms with van der Waals surface area (Å²) >= 11 is 0. The van der Waals surface area contributed by atoms with Crippen LogP contribution in [0.2, 0.25) is 0 Å². The summed E-state index contributed by atoms with van der Waals surface area (Å²) in [4.78, 5) is 11.7. The Hall–Kier alpha value is -2.30. The topological polar surface area (TPSA) is 81.2 Å². The maximum Gasteiger partial charge on any atom is 0.256 e. The van der Waals surface area contributed by atoms with E-state index in [0.717, 1.165) is 5.56 Å². The molecular formula is C11H11N3O2. The molecule has 0 aliphatic rings. The van der Waals surface area contributed by atoms with Gasteiger partial charge < -0.3 is 15.6 Å². The van der Waals surface area contributed by atoms with E-state index in [1.165, 1.54) is 6.26 Å². The molecule has 0 atom stereocenters. The van der Waals surface area contributed by atoms with Crippen molar-refractivity contribution in [3.63, 3.8) is 0 Å². The second kappa shape index (κ2) is 4.06. The number of nitrogen functional groups attached to an aromatic ring is 1. The van der Waals surface area contributed by atoms with Crippen LogP contribution in [-0.4, -0.2) is 11.1 Å². The number of carbonyl (C=O) groups is 1. The average molecular weight is 217 g/mol. The van der Waals surface area contributed by atoms with E-state index in [1.54, 1.807) is 24.3 Å². The van der Waals surface area contributed by atoms with Crippen molar-refractivity contribution in [3.8, 4) is 0 Å². The average Bonchev–Trinajstić information content (AvgIpc) is 2.74. The van der Waals surface area contributed by atoms with E-state index in [9.17, 15) is 4.79 Å². The van der Waals surface area contributed by atoms with Gasteiger partial charge in [0.1, 0.15) is 6.26 Å². The summed E-state index contributed by atoms with van der Waals surface area (Å²) in [6.07, 6.45) is 1.39. The van der Waals surface area contributed by atoms with Crippen molar-refractivity contribution in [3.05, 3.63) is 41.7 Å². The van der Waals surface area contributed by atoms with Crippen LogP contribution < -0.4 is 11.1 Å². The zero-order valence-corrected chi connectivity index (χ0v) is 8.73. The lowest BCUT2D eigenvalue weighted by Crippen LogP contribution is -2.12. The van der Waals surface area contributed by atoms with Gasteiger partial charge in [-0.15, -0.1) is 0 Å². The fourth-order valence-corrected chi connectivity index (χ4v) is 1.28. The summed E-state index contributed by atoms with van der Waals surface area (Å²) < 4.78 is 4.61. The lowest BCUT2D eigenvalue weighted by Gasteiger charge is -2.04. The quantitative estimate of drug-likeness (QED) is 0.752. The first-order valence-electron chi connectivity index (χ1n) is 4.74. The minimum atomic E-state index is -0.239. The van der Waals surface area contributed by atoms with E-state index >= 15 is 0 Å².